The topological polar surface area (TPSA) is 74.1 Å². The Morgan fingerprint density at radius 2 is 1.71 bits per heavy atom. The van der Waals surface area contributed by atoms with E-state index in [1.807, 2.05) is 54.6 Å². The van der Waals surface area contributed by atoms with Crippen molar-refractivity contribution in [2.24, 2.45) is 9.98 Å². The Kier molecular flexibility index (Phi) is 6.22. The van der Waals surface area contributed by atoms with Crippen LogP contribution in [0.1, 0.15) is 23.1 Å². The molecule has 34 heavy (non-hydrogen) atoms. The number of aliphatic imine (C=N–C) groups is 2. The Bertz CT molecular complexity index is 1290. The SMILES string of the molecule is O=C(C[C@H]1N=C2c3ccccc3N=C(SCc3ccc(F)cc3)N2C1=O)NCc1ccccc1. The van der Waals surface area contributed by atoms with Gasteiger partial charge in [0.2, 0.25) is 5.91 Å². The molecule has 2 heterocycles. The van der Waals surface area contributed by atoms with E-state index in [4.69, 9.17) is 0 Å². The Labute approximate surface area is 200 Å². The highest BCUT2D eigenvalue weighted by Gasteiger charge is 2.42. The van der Waals surface area contributed by atoms with E-state index in [1.54, 1.807) is 12.1 Å². The lowest BCUT2D eigenvalue weighted by molar-refractivity contribution is -0.128. The van der Waals surface area contributed by atoms with Crippen LogP contribution in [0.2, 0.25) is 0 Å². The first-order chi connectivity index (χ1) is 16.6. The standard InChI is InChI=1S/C26H21FN4O2S/c27-19-12-10-18(11-13-19)16-34-26-30-21-9-5-4-8-20(21)24-29-22(25(33)31(24)26)14-23(32)28-15-17-6-2-1-3-7-17/h1-13,22H,14-16H2,(H,28,32)/t22-/m1/s1. The molecule has 170 valence electrons. The minimum Gasteiger partial charge on any atom is -0.352 e. The Morgan fingerprint density at radius 1 is 0.971 bits per heavy atom. The van der Waals surface area contributed by atoms with Crippen LogP contribution in [0.4, 0.5) is 10.1 Å². The lowest BCUT2D eigenvalue weighted by Gasteiger charge is -2.25. The van der Waals surface area contributed by atoms with E-state index in [2.05, 4.69) is 15.3 Å². The first-order valence-corrected chi connectivity index (χ1v) is 11.8. The minimum atomic E-state index is -0.812. The van der Waals surface area contributed by atoms with E-state index in [0.29, 0.717) is 23.3 Å². The van der Waals surface area contributed by atoms with Gasteiger partial charge in [0.05, 0.1) is 12.1 Å². The molecule has 0 spiro atoms. The zero-order valence-electron chi connectivity index (χ0n) is 18.1. The third-order valence-corrected chi connectivity index (χ3v) is 6.55. The van der Waals surface area contributed by atoms with Gasteiger partial charge in [-0.2, -0.15) is 0 Å². The number of halogens is 1. The van der Waals surface area contributed by atoms with Crippen molar-refractivity contribution >= 4 is 40.3 Å². The lowest BCUT2D eigenvalue weighted by Crippen LogP contribution is -2.42. The van der Waals surface area contributed by atoms with E-state index in [1.165, 1.54) is 28.8 Å². The van der Waals surface area contributed by atoms with Gasteiger partial charge in [-0.3, -0.25) is 14.6 Å². The molecule has 3 aromatic rings. The van der Waals surface area contributed by atoms with Crippen molar-refractivity contribution in [2.45, 2.75) is 24.8 Å². The molecular weight excluding hydrogens is 451 g/mol. The molecule has 0 aromatic heterocycles. The van der Waals surface area contributed by atoms with E-state index < -0.39 is 6.04 Å². The highest BCUT2D eigenvalue weighted by Crippen LogP contribution is 2.34. The van der Waals surface area contributed by atoms with Crippen molar-refractivity contribution in [3.8, 4) is 0 Å². The molecule has 0 bridgehead atoms. The summed E-state index contributed by atoms with van der Waals surface area (Å²) in [6.07, 6.45) is -0.0380. The summed E-state index contributed by atoms with van der Waals surface area (Å²) < 4.78 is 13.2. The summed E-state index contributed by atoms with van der Waals surface area (Å²) in [4.78, 5) is 36.7. The highest BCUT2D eigenvalue weighted by atomic mass is 32.2. The number of amidine groups is 2. The maximum atomic E-state index is 13.3. The average molecular weight is 473 g/mol. The van der Waals surface area contributed by atoms with Crippen molar-refractivity contribution in [3.05, 3.63) is 101 Å². The maximum Gasteiger partial charge on any atom is 0.259 e. The zero-order valence-corrected chi connectivity index (χ0v) is 19.0. The number of nitrogens with zero attached hydrogens (tertiary/aromatic N) is 3. The molecule has 1 N–H and O–H groups in total. The fraction of sp³-hybridized carbons (Fsp3) is 0.154. The van der Waals surface area contributed by atoms with Gasteiger partial charge in [0.25, 0.3) is 5.91 Å². The first-order valence-electron chi connectivity index (χ1n) is 10.9. The summed E-state index contributed by atoms with van der Waals surface area (Å²) in [6, 6.07) is 22.5. The molecule has 0 aliphatic carbocycles. The molecule has 2 aliphatic rings. The number of fused-ring (bicyclic) bond motifs is 3. The number of amides is 2. The van der Waals surface area contributed by atoms with Crippen LogP contribution >= 0.6 is 11.8 Å². The number of hydrogen-bond donors (Lipinski definition) is 1. The van der Waals surface area contributed by atoms with E-state index in [0.717, 1.165) is 22.4 Å². The molecule has 0 saturated heterocycles. The number of hydrogen-bond acceptors (Lipinski definition) is 5. The van der Waals surface area contributed by atoms with Crippen LogP contribution in [-0.4, -0.2) is 33.8 Å². The van der Waals surface area contributed by atoms with Crippen LogP contribution in [0.3, 0.4) is 0 Å². The number of benzene rings is 3. The maximum absolute atomic E-state index is 13.3. The molecule has 0 radical (unpaired) electrons. The average Bonchev–Trinajstić information content (AvgIpc) is 3.19. The predicted molar refractivity (Wildman–Crippen MR) is 131 cm³/mol. The van der Waals surface area contributed by atoms with E-state index in [-0.39, 0.29) is 24.1 Å². The van der Waals surface area contributed by atoms with E-state index in [9.17, 15) is 14.0 Å². The lowest BCUT2D eigenvalue weighted by atomic mass is 10.1. The predicted octanol–water partition coefficient (Wildman–Crippen LogP) is 4.42. The minimum absolute atomic E-state index is 0.0380. The van der Waals surface area contributed by atoms with Gasteiger partial charge >= 0.3 is 0 Å². The van der Waals surface area contributed by atoms with Crippen LogP contribution in [0.5, 0.6) is 0 Å². The van der Waals surface area contributed by atoms with Crippen molar-refractivity contribution < 1.29 is 14.0 Å². The van der Waals surface area contributed by atoms with Gasteiger partial charge in [0, 0.05) is 17.9 Å². The highest BCUT2D eigenvalue weighted by molar-refractivity contribution is 8.13. The van der Waals surface area contributed by atoms with Crippen LogP contribution in [-0.2, 0) is 21.9 Å². The Balaban J connectivity index is 1.33. The fourth-order valence-electron chi connectivity index (χ4n) is 3.80. The molecule has 2 amide bonds. The number of para-hydroxylation sites is 1. The van der Waals surface area contributed by atoms with Gasteiger partial charge in [-0.05, 0) is 35.4 Å². The molecule has 0 unspecified atom stereocenters. The zero-order chi connectivity index (χ0) is 23.5. The summed E-state index contributed by atoms with van der Waals surface area (Å²) in [6.45, 7) is 0.393. The molecule has 3 aromatic carbocycles. The van der Waals surface area contributed by atoms with Crippen LogP contribution < -0.4 is 5.32 Å². The Morgan fingerprint density at radius 3 is 2.50 bits per heavy atom. The van der Waals surface area contributed by atoms with Gasteiger partial charge in [-0.25, -0.2) is 14.3 Å². The third kappa shape index (κ3) is 4.63. The summed E-state index contributed by atoms with van der Waals surface area (Å²) >= 11 is 1.38. The number of rotatable bonds is 6. The molecule has 8 heteroatoms. The third-order valence-electron chi connectivity index (χ3n) is 5.54. The summed E-state index contributed by atoms with van der Waals surface area (Å²) in [5.41, 5.74) is 3.38. The number of carbonyl (C=O) groups is 2. The largest absolute Gasteiger partial charge is 0.352 e. The summed E-state index contributed by atoms with van der Waals surface area (Å²) in [5.74, 6) is 0.218. The molecule has 0 fully saturated rings. The second kappa shape index (κ2) is 9.61. The van der Waals surface area contributed by atoms with Gasteiger partial charge in [-0.15, -0.1) is 0 Å². The Hall–Kier alpha value is -3.78. The first kappa shape index (κ1) is 22.0. The molecule has 5 rings (SSSR count). The number of thioether (sulfide) groups is 1. The van der Waals surface area contributed by atoms with Gasteiger partial charge < -0.3 is 5.32 Å². The van der Waals surface area contributed by atoms with Crippen molar-refractivity contribution in [1.29, 1.82) is 0 Å². The fourth-order valence-corrected chi connectivity index (χ4v) is 4.76. The van der Waals surface area contributed by atoms with Gasteiger partial charge in [0.15, 0.2) is 5.17 Å². The summed E-state index contributed by atoms with van der Waals surface area (Å²) in [7, 11) is 0. The van der Waals surface area contributed by atoms with Gasteiger partial charge in [-0.1, -0.05) is 66.4 Å². The molecule has 1 atom stereocenters. The van der Waals surface area contributed by atoms with Crippen LogP contribution in [0.15, 0.2) is 88.8 Å². The number of carbonyl (C=O) groups excluding carboxylic acids is 2. The van der Waals surface area contributed by atoms with Gasteiger partial charge in [0.1, 0.15) is 17.7 Å². The van der Waals surface area contributed by atoms with Crippen LogP contribution in [0, 0.1) is 5.82 Å². The molecule has 6 nitrogen and oxygen atoms in total. The second-order valence-corrected chi connectivity index (χ2v) is 8.88. The molecular formula is C26H21FN4O2S. The normalized spacial score (nSPS) is 16.4. The quantitative estimate of drug-likeness (QED) is 0.577. The number of nitrogens with one attached hydrogen (secondary N) is 1. The second-order valence-electron chi connectivity index (χ2n) is 7.94. The van der Waals surface area contributed by atoms with Crippen molar-refractivity contribution in [1.82, 2.24) is 10.2 Å². The van der Waals surface area contributed by atoms with Crippen molar-refractivity contribution in [3.63, 3.8) is 0 Å². The van der Waals surface area contributed by atoms with E-state index >= 15 is 0 Å². The molecule has 2 aliphatic heterocycles. The van der Waals surface area contributed by atoms with Crippen molar-refractivity contribution in [2.75, 3.05) is 0 Å². The van der Waals surface area contributed by atoms with Crippen LogP contribution in [0.25, 0.3) is 0 Å². The molecule has 0 saturated carbocycles. The smallest absolute Gasteiger partial charge is 0.259 e. The summed E-state index contributed by atoms with van der Waals surface area (Å²) in [5, 5.41) is 3.36. The monoisotopic (exact) mass is 472 g/mol.